The summed E-state index contributed by atoms with van der Waals surface area (Å²) in [5.74, 6) is -2.13. The van der Waals surface area contributed by atoms with Crippen molar-refractivity contribution in [1.29, 1.82) is 0 Å². The van der Waals surface area contributed by atoms with E-state index in [9.17, 15) is 20.0 Å². The molecule has 172 valence electrons. The molecule has 0 aromatic heterocycles. The first-order valence-electron chi connectivity index (χ1n) is 10.6. The van der Waals surface area contributed by atoms with Crippen LogP contribution >= 0.6 is 0 Å². The van der Waals surface area contributed by atoms with Gasteiger partial charge in [-0.25, -0.2) is 9.59 Å². The third-order valence-electron chi connectivity index (χ3n) is 6.27. The Kier molecular flexibility index (Phi) is 5.97. The Balaban J connectivity index is 2.14. The molecular weight excluding hydrogens is 388 g/mol. The van der Waals surface area contributed by atoms with E-state index in [0.29, 0.717) is 25.7 Å². The Morgan fingerprint density at radius 1 is 0.533 bits per heavy atom. The van der Waals surface area contributed by atoms with Gasteiger partial charge in [-0.3, -0.25) is 0 Å². The zero-order valence-corrected chi connectivity index (χ0v) is 20.2. The Morgan fingerprint density at radius 2 is 0.733 bits per heavy atom. The summed E-state index contributed by atoms with van der Waals surface area (Å²) in [6.07, 6.45) is 1.20. The molecule has 0 aliphatic carbocycles. The summed E-state index contributed by atoms with van der Waals surface area (Å²) in [6, 6.07) is 0. The molecule has 0 amide bonds. The fourth-order valence-corrected chi connectivity index (χ4v) is 6.39. The van der Waals surface area contributed by atoms with E-state index in [0.717, 1.165) is 10.1 Å². The quantitative estimate of drug-likeness (QED) is 0.494. The summed E-state index contributed by atoms with van der Waals surface area (Å²) in [7, 11) is 0. The van der Waals surface area contributed by atoms with Gasteiger partial charge in [0.2, 0.25) is 0 Å². The maximum absolute atomic E-state index is 12.7. The molecule has 0 unspecified atom stereocenters. The van der Waals surface area contributed by atoms with Crippen LogP contribution < -0.4 is 0 Å². The summed E-state index contributed by atoms with van der Waals surface area (Å²) in [6.45, 7) is 17.9. The monoisotopic (exact) mass is 426 g/mol. The molecule has 0 aromatic rings. The maximum Gasteiger partial charge on any atom is 0.418 e. The number of esters is 2. The van der Waals surface area contributed by atoms with Crippen LogP contribution in [0.4, 0.5) is 0 Å². The van der Waals surface area contributed by atoms with Gasteiger partial charge < -0.3 is 9.47 Å². The van der Waals surface area contributed by atoms with Crippen LogP contribution in [0.1, 0.15) is 94.9 Å². The van der Waals surface area contributed by atoms with Crippen LogP contribution in [0, 0.1) is 0 Å². The number of rotatable bonds is 2. The Labute approximate surface area is 180 Å². The van der Waals surface area contributed by atoms with Gasteiger partial charge in [0.05, 0.1) is 0 Å². The molecule has 2 radical (unpaired) electrons. The van der Waals surface area contributed by atoms with Gasteiger partial charge in [-0.2, -0.15) is 0 Å². The molecule has 2 fully saturated rings. The molecule has 0 saturated carbocycles. The summed E-state index contributed by atoms with van der Waals surface area (Å²) >= 11 is 0. The number of hydrogen-bond acceptors (Lipinski definition) is 6. The molecule has 0 bridgehead atoms. The number of carbonyl (C=O) groups excluding carboxylic acids is 2. The molecule has 30 heavy (non-hydrogen) atoms. The minimum atomic E-state index is -1.06. The summed E-state index contributed by atoms with van der Waals surface area (Å²) in [4.78, 5) is 25.3. The first kappa shape index (κ1) is 25.0. The van der Waals surface area contributed by atoms with Gasteiger partial charge in [0.1, 0.15) is 11.2 Å². The van der Waals surface area contributed by atoms with E-state index in [2.05, 4.69) is 0 Å². The third-order valence-corrected chi connectivity index (χ3v) is 6.27. The summed E-state index contributed by atoms with van der Waals surface area (Å²) in [5, 5.41) is 27.2. The van der Waals surface area contributed by atoms with Crippen molar-refractivity contribution >= 4 is 11.9 Å². The average Bonchev–Trinajstić information content (AvgIpc) is 2.47. The molecule has 0 N–H and O–H groups in total. The van der Waals surface area contributed by atoms with Crippen LogP contribution in [0.3, 0.4) is 0 Å². The normalized spacial score (nSPS) is 29.1. The molecule has 8 heteroatoms. The molecule has 2 heterocycles. The predicted molar refractivity (Wildman–Crippen MR) is 109 cm³/mol. The topological polar surface area (TPSA) is 98.9 Å². The van der Waals surface area contributed by atoms with Crippen molar-refractivity contribution in [3.8, 4) is 0 Å². The van der Waals surface area contributed by atoms with Crippen molar-refractivity contribution in [2.24, 2.45) is 0 Å². The van der Waals surface area contributed by atoms with Crippen LogP contribution in [0.15, 0.2) is 0 Å². The zero-order chi connectivity index (χ0) is 23.6. The lowest BCUT2D eigenvalue weighted by Crippen LogP contribution is -2.64. The lowest BCUT2D eigenvalue weighted by molar-refractivity contribution is -0.314. The van der Waals surface area contributed by atoms with Crippen molar-refractivity contribution in [1.82, 2.24) is 10.1 Å². The van der Waals surface area contributed by atoms with Gasteiger partial charge in [0, 0.05) is 47.8 Å². The molecule has 2 saturated heterocycles. The second-order valence-electron chi connectivity index (χ2n) is 12.2. The van der Waals surface area contributed by atoms with Crippen molar-refractivity contribution < 1.29 is 29.5 Å². The van der Waals surface area contributed by atoms with Crippen LogP contribution in [0.5, 0.6) is 0 Å². The van der Waals surface area contributed by atoms with Crippen LogP contribution in [-0.2, 0) is 29.5 Å². The molecule has 2 rings (SSSR count). The van der Waals surface area contributed by atoms with Crippen LogP contribution in [0.25, 0.3) is 0 Å². The second-order valence-corrected chi connectivity index (χ2v) is 12.2. The largest absolute Gasteiger partial charge is 0.451 e. The Bertz CT molecular complexity index is 616. The highest BCUT2D eigenvalue weighted by Crippen LogP contribution is 2.46. The SMILES string of the molecule is CC1(OC(=O)C(=O)OC2(C)CC(C)(C)N([O])C(C)(C)C2)CC(C)(C)N([O])C(C)(C)C1. The first-order chi connectivity index (χ1) is 13.1. The minimum Gasteiger partial charge on any atom is -0.451 e. The van der Waals surface area contributed by atoms with Gasteiger partial charge in [-0.1, -0.05) is 0 Å². The minimum absolute atomic E-state index is 0.300. The molecule has 2 aliphatic heterocycles. The number of piperidine rings is 2. The van der Waals surface area contributed by atoms with Crippen molar-refractivity contribution in [2.45, 2.75) is 128 Å². The second kappa shape index (κ2) is 7.15. The molecule has 0 aromatic carbocycles. The maximum atomic E-state index is 12.7. The number of carbonyl (C=O) groups is 2. The number of hydroxylamine groups is 4. The van der Waals surface area contributed by atoms with E-state index in [-0.39, 0.29) is 0 Å². The fraction of sp³-hybridized carbons (Fsp3) is 0.909. The van der Waals surface area contributed by atoms with Gasteiger partial charge in [-0.05, 0) is 69.2 Å². The van der Waals surface area contributed by atoms with Gasteiger partial charge in [-0.15, -0.1) is 20.5 Å². The zero-order valence-electron chi connectivity index (χ0n) is 20.2. The van der Waals surface area contributed by atoms with Gasteiger partial charge >= 0.3 is 11.9 Å². The lowest BCUT2D eigenvalue weighted by Gasteiger charge is -2.54. The lowest BCUT2D eigenvalue weighted by atomic mass is 9.73. The first-order valence-corrected chi connectivity index (χ1v) is 10.6. The molecule has 0 atom stereocenters. The van der Waals surface area contributed by atoms with E-state index < -0.39 is 45.3 Å². The van der Waals surface area contributed by atoms with E-state index in [1.165, 1.54) is 0 Å². The standard InChI is InChI=1S/C22H38N2O6/c1-17(2)11-21(9,12-18(3,4)23(17)27)29-15(25)16(26)30-22(10)13-19(5,6)24(28)20(7,8)14-22/h11-14H2,1-10H3. The molecular formula is C22H38N2O6. The van der Waals surface area contributed by atoms with Gasteiger partial charge in [0.15, 0.2) is 0 Å². The molecule has 0 spiro atoms. The molecule has 8 nitrogen and oxygen atoms in total. The van der Waals surface area contributed by atoms with Crippen LogP contribution in [0.2, 0.25) is 0 Å². The van der Waals surface area contributed by atoms with Crippen molar-refractivity contribution in [3.05, 3.63) is 0 Å². The van der Waals surface area contributed by atoms with E-state index in [1.807, 2.05) is 0 Å². The smallest absolute Gasteiger partial charge is 0.418 e. The third kappa shape index (κ3) is 4.82. The van der Waals surface area contributed by atoms with E-state index in [4.69, 9.17) is 9.47 Å². The van der Waals surface area contributed by atoms with Crippen LogP contribution in [-0.4, -0.2) is 55.4 Å². The fourth-order valence-electron chi connectivity index (χ4n) is 6.39. The highest BCUT2D eigenvalue weighted by molar-refractivity contribution is 6.29. The highest BCUT2D eigenvalue weighted by atomic mass is 16.6. The van der Waals surface area contributed by atoms with E-state index in [1.54, 1.807) is 69.2 Å². The number of nitrogens with zero attached hydrogens (tertiary/aromatic N) is 2. The summed E-state index contributed by atoms with van der Waals surface area (Å²) in [5.41, 5.74) is -4.93. The summed E-state index contributed by atoms with van der Waals surface area (Å²) < 4.78 is 11.2. The Hall–Kier alpha value is -1.22. The van der Waals surface area contributed by atoms with E-state index >= 15 is 0 Å². The molecule has 2 aliphatic rings. The average molecular weight is 427 g/mol. The number of hydrogen-bond donors (Lipinski definition) is 0. The van der Waals surface area contributed by atoms with Crippen molar-refractivity contribution in [3.63, 3.8) is 0 Å². The number of ether oxygens (including phenoxy) is 2. The predicted octanol–water partition coefficient (Wildman–Crippen LogP) is 3.59. The Morgan fingerprint density at radius 3 is 0.933 bits per heavy atom. The van der Waals surface area contributed by atoms with Gasteiger partial charge in [0.25, 0.3) is 0 Å². The van der Waals surface area contributed by atoms with Crippen molar-refractivity contribution in [2.75, 3.05) is 0 Å². The highest BCUT2D eigenvalue weighted by Gasteiger charge is 2.55.